The van der Waals surface area contributed by atoms with Gasteiger partial charge in [-0.3, -0.25) is 0 Å². The van der Waals surface area contributed by atoms with Crippen molar-refractivity contribution in [3.05, 3.63) is 163 Å². The van der Waals surface area contributed by atoms with E-state index in [2.05, 4.69) is 171 Å². The number of rotatable bonds is 4. The van der Waals surface area contributed by atoms with Crippen molar-refractivity contribution in [1.29, 1.82) is 0 Å². The SMILES string of the molecule is CC1(C)c2ccccc2Sc2c(N(c3ccc(-c4cccc5c4Sc4ccccc4O5)cc3)c3cccc4c3Sc3ccccc3[Si]4(C)C)cccc21. The van der Waals surface area contributed by atoms with Gasteiger partial charge in [0.25, 0.3) is 0 Å². The fraction of sp³-hybridized carbons (Fsp3) is 0.106. The summed E-state index contributed by atoms with van der Waals surface area (Å²) in [4.78, 5) is 10.2. The molecule has 0 saturated carbocycles. The molecule has 0 aliphatic carbocycles. The van der Waals surface area contributed by atoms with Crippen molar-refractivity contribution in [1.82, 2.24) is 0 Å². The number of hydrogen-bond donors (Lipinski definition) is 0. The number of para-hydroxylation sites is 1. The lowest BCUT2D eigenvalue weighted by Gasteiger charge is -2.39. The van der Waals surface area contributed by atoms with Gasteiger partial charge in [-0.2, -0.15) is 0 Å². The van der Waals surface area contributed by atoms with Crippen LogP contribution in [0.1, 0.15) is 25.0 Å². The Morgan fingerprint density at radius 3 is 1.91 bits per heavy atom. The number of hydrogen-bond acceptors (Lipinski definition) is 5. The van der Waals surface area contributed by atoms with Crippen LogP contribution in [0.2, 0.25) is 13.1 Å². The van der Waals surface area contributed by atoms with Crippen LogP contribution >= 0.6 is 35.3 Å². The van der Waals surface area contributed by atoms with Crippen molar-refractivity contribution >= 4 is 70.8 Å². The molecule has 0 unspecified atom stereocenters. The van der Waals surface area contributed by atoms with Gasteiger partial charge in [-0.25, -0.2) is 0 Å². The van der Waals surface area contributed by atoms with E-state index in [1.165, 1.54) is 63.6 Å². The molecule has 0 saturated heterocycles. The second-order valence-electron chi connectivity index (χ2n) is 14.9. The summed E-state index contributed by atoms with van der Waals surface area (Å²) in [7, 11) is -1.97. The smallest absolute Gasteiger partial charge is 0.142 e. The molecule has 0 atom stereocenters. The molecule has 6 heteroatoms. The quantitative estimate of drug-likeness (QED) is 0.165. The average molecular weight is 756 g/mol. The molecule has 0 radical (unpaired) electrons. The number of anilines is 3. The van der Waals surface area contributed by atoms with Crippen molar-refractivity contribution < 1.29 is 4.74 Å². The van der Waals surface area contributed by atoms with Gasteiger partial charge in [0.1, 0.15) is 19.6 Å². The average Bonchev–Trinajstić information content (AvgIpc) is 3.18. The lowest BCUT2D eigenvalue weighted by molar-refractivity contribution is 0.455. The Bertz CT molecular complexity index is 2490. The summed E-state index contributed by atoms with van der Waals surface area (Å²) in [6, 6.07) is 55.8. The molecule has 0 spiro atoms. The highest BCUT2D eigenvalue weighted by molar-refractivity contribution is 8.00. The zero-order valence-electron chi connectivity index (χ0n) is 30.0. The van der Waals surface area contributed by atoms with E-state index in [4.69, 9.17) is 4.74 Å². The van der Waals surface area contributed by atoms with Crippen molar-refractivity contribution in [2.75, 3.05) is 4.90 Å². The molecular formula is C47H37NOS3Si. The van der Waals surface area contributed by atoms with Gasteiger partial charge in [0, 0.05) is 30.7 Å². The first kappa shape index (κ1) is 33.0. The van der Waals surface area contributed by atoms with Gasteiger partial charge in [-0.1, -0.05) is 159 Å². The van der Waals surface area contributed by atoms with Crippen LogP contribution in [-0.2, 0) is 5.41 Å². The number of ether oxygens (including phenoxy) is 1. The lowest BCUT2D eigenvalue weighted by Crippen LogP contribution is -2.56. The van der Waals surface area contributed by atoms with Gasteiger partial charge in [-0.05, 0) is 87.2 Å². The highest BCUT2D eigenvalue weighted by Gasteiger charge is 2.39. The van der Waals surface area contributed by atoms with Crippen LogP contribution in [-0.4, -0.2) is 8.07 Å². The Morgan fingerprint density at radius 1 is 0.491 bits per heavy atom. The molecule has 3 heterocycles. The molecule has 0 fully saturated rings. The molecule has 3 aliphatic heterocycles. The van der Waals surface area contributed by atoms with Gasteiger partial charge < -0.3 is 9.64 Å². The third kappa shape index (κ3) is 5.25. The van der Waals surface area contributed by atoms with E-state index in [0.29, 0.717) is 0 Å². The lowest BCUT2D eigenvalue weighted by atomic mass is 9.77. The van der Waals surface area contributed by atoms with E-state index < -0.39 is 8.07 Å². The van der Waals surface area contributed by atoms with Crippen molar-refractivity contribution in [3.8, 4) is 22.6 Å². The van der Waals surface area contributed by atoms with Crippen LogP contribution in [0, 0.1) is 0 Å². The summed E-state index contributed by atoms with van der Waals surface area (Å²) in [5.74, 6) is 1.83. The van der Waals surface area contributed by atoms with Gasteiger partial charge in [0.05, 0.1) is 21.2 Å². The highest BCUT2D eigenvalue weighted by atomic mass is 32.2. The molecule has 2 nitrogen and oxygen atoms in total. The van der Waals surface area contributed by atoms with Crippen molar-refractivity contribution in [3.63, 3.8) is 0 Å². The minimum Gasteiger partial charge on any atom is -0.455 e. The van der Waals surface area contributed by atoms with E-state index in [0.717, 1.165) is 27.0 Å². The van der Waals surface area contributed by atoms with Gasteiger partial charge in [0.2, 0.25) is 0 Å². The van der Waals surface area contributed by atoms with Crippen LogP contribution in [0.4, 0.5) is 17.1 Å². The van der Waals surface area contributed by atoms with Crippen LogP contribution < -0.4 is 20.0 Å². The summed E-state index contributed by atoms with van der Waals surface area (Å²) in [6.07, 6.45) is 0. The first-order valence-electron chi connectivity index (χ1n) is 18.1. The molecule has 258 valence electrons. The summed E-state index contributed by atoms with van der Waals surface area (Å²) in [6.45, 7) is 9.76. The fourth-order valence-electron chi connectivity index (χ4n) is 8.23. The fourth-order valence-corrected chi connectivity index (χ4v) is 16.3. The Morgan fingerprint density at radius 2 is 1.08 bits per heavy atom. The molecule has 7 aromatic carbocycles. The van der Waals surface area contributed by atoms with Crippen molar-refractivity contribution in [2.45, 2.75) is 61.7 Å². The molecule has 53 heavy (non-hydrogen) atoms. The van der Waals surface area contributed by atoms with E-state index in [1.54, 1.807) is 11.8 Å². The molecule has 0 amide bonds. The Kier molecular flexibility index (Phi) is 7.78. The van der Waals surface area contributed by atoms with Crippen LogP contribution in [0.5, 0.6) is 11.5 Å². The summed E-state index contributed by atoms with van der Waals surface area (Å²) >= 11 is 5.63. The van der Waals surface area contributed by atoms with E-state index >= 15 is 0 Å². The maximum atomic E-state index is 6.38. The van der Waals surface area contributed by atoms with Crippen molar-refractivity contribution in [2.24, 2.45) is 0 Å². The number of benzene rings is 7. The zero-order chi connectivity index (χ0) is 35.9. The predicted molar refractivity (Wildman–Crippen MR) is 227 cm³/mol. The zero-order valence-corrected chi connectivity index (χ0v) is 33.5. The third-order valence-electron chi connectivity index (χ3n) is 11.1. The van der Waals surface area contributed by atoms with Gasteiger partial charge >= 0.3 is 0 Å². The van der Waals surface area contributed by atoms with Gasteiger partial charge in [-0.15, -0.1) is 0 Å². The number of nitrogens with zero attached hydrogens (tertiary/aromatic N) is 1. The predicted octanol–water partition coefficient (Wildman–Crippen LogP) is 13.2. The first-order chi connectivity index (χ1) is 25.8. The van der Waals surface area contributed by atoms with E-state index in [9.17, 15) is 0 Å². The van der Waals surface area contributed by atoms with Crippen LogP contribution in [0.3, 0.4) is 0 Å². The van der Waals surface area contributed by atoms with E-state index in [1.807, 2.05) is 35.7 Å². The van der Waals surface area contributed by atoms with Gasteiger partial charge in [0.15, 0.2) is 0 Å². The van der Waals surface area contributed by atoms with Crippen LogP contribution in [0.15, 0.2) is 181 Å². The highest BCUT2D eigenvalue weighted by Crippen LogP contribution is 2.56. The third-order valence-corrected chi connectivity index (χ3v) is 18.6. The molecular weight excluding hydrogens is 719 g/mol. The molecule has 0 aromatic heterocycles. The van der Waals surface area contributed by atoms with Crippen LogP contribution in [0.25, 0.3) is 11.1 Å². The minimum absolute atomic E-state index is 0.133. The van der Waals surface area contributed by atoms with E-state index in [-0.39, 0.29) is 5.41 Å². The maximum absolute atomic E-state index is 6.38. The summed E-state index contributed by atoms with van der Waals surface area (Å²) in [5.41, 5.74) is 8.57. The monoisotopic (exact) mass is 755 g/mol. The Balaban J connectivity index is 1.15. The molecule has 0 N–H and O–H groups in total. The summed E-state index contributed by atoms with van der Waals surface area (Å²) in [5, 5.41) is 3.02. The molecule has 7 aromatic rings. The number of fused-ring (bicyclic) bond motifs is 6. The maximum Gasteiger partial charge on any atom is 0.142 e. The standard InChI is InChI=1S/C47H37NOS3Si/c1-47(2)33-15-5-7-21-39(33)50-45-34(47)16-12-17-35(45)48(36-18-13-25-43-46(36)52-41-23-9-10-24-42(41)53(43,3)4)31-28-26-30(27-29-31)32-14-11-20-38-44(32)51-40-22-8-6-19-37(40)49-38/h5-29H,1-4H3. The molecule has 0 bridgehead atoms. The largest absolute Gasteiger partial charge is 0.455 e. The Hall–Kier alpha value is -4.59. The normalized spacial score (nSPS) is 15.4. The first-order valence-corrected chi connectivity index (χ1v) is 23.5. The minimum atomic E-state index is -1.97. The molecule has 3 aliphatic rings. The molecule has 10 rings (SSSR count). The Labute approximate surface area is 325 Å². The second kappa shape index (κ2) is 12.5. The summed E-state index contributed by atoms with van der Waals surface area (Å²) < 4.78 is 6.38. The topological polar surface area (TPSA) is 12.5 Å². The second-order valence-corrected chi connectivity index (χ2v) is 22.4.